The van der Waals surface area contributed by atoms with Crippen molar-refractivity contribution >= 4 is 0 Å². The van der Waals surface area contributed by atoms with Crippen LogP contribution in [0.5, 0.6) is 0 Å². The molecule has 98 heavy (non-hydrogen) atoms. The van der Waals surface area contributed by atoms with Gasteiger partial charge in [-0.05, 0) is 327 Å². The highest BCUT2D eigenvalue weighted by Crippen LogP contribution is 2.29. The number of hydrogen-bond donors (Lipinski definition) is 3. The summed E-state index contributed by atoms with van der Waals surface area (Å²) in [6.45, 7) is 88.7. The predicted molar refractivity (Wildman–Crippen MR) is 436 cm³/mol. The van der Waals surface area contributed by atoms with E-state index in [2.05, 4.69) is 240 Å². The van der Waals surface area contributed by atoms with Crippen LogP contribution in [0.4, 0.5) is 0 Å². The van der Waals surface area contributed by atoms with Crippen LogP contribution in [0, 0.1) is 130 Å². The van der Waals surface area contributed by atoms with E-state index in [1.807, 2.05) is 0 Å². The minimum atomic E-state index is 0.817. The second-order valence-electron chi connectivity index (χ2n) is 36.8. The second kappa shape index (κ2) is 55.9. The molecular weight excluding hydrogens is 1200 g/mol. The molecule has 0 bridgehead atoms. The van der Waals surface area contributed by atoms with Crippen molar-refractivity contribution in [3.05, 3.63) is 0 Å². The van der Waals surface area contributed by atoms with E-state index in [0.29, 0.717) is 0 Å². The first-order valence-corrected chi connectivity index (χ1v) is 42.8. The zero-order valence-corrected chi connectivity index (χ0v) is 71.9. The molecule has 11 nitrogen and oxygen atoms in total. The molecule has 11 heterocycles. The van der Waals surface area contributed by atoms with Crippen LogP contribution in [-0.2, 0) is 9.47 Å². The average molecular weight is 1390 g/mol. The van der Waals surface area contributed by atoms with E-state index in [0.717, 1.165) is 157 Å². The number of piperidine rings is 3. The van der Waals surface area contributed by atoms with E-state index in [1.54, 1.807) is 0 Å². The lowest BCUT2D eigenvalue weighted by molar-refractivity contribution is 0.0523. The Kier molecular flexibility index (Phi) is 54.5. The van der Waals surface area contributed by atoms with Gasteiger partial charge in [-0.25, -0.2) is 0 Å². The summed E-state index contributed by atoms with van der Waals surface area (Å²) in [5, 5.41) is 9.97. The van der Waals surface area contributed by atoms with Crippen LogP contribution in [0.2, 0.25) is 0 Å². The summed E-state index contributed by atoms with van der Waals surface area (Å²) in [5.41, 5.74) is 0. The Balaban J connectivity index is 0.000000540. The number of likely N-dealkylation sites (tertiary alicyclic amines) is 6. The lowest BCUT2D eigenvalue weighted by Crippen LogP contribution is -2.48. The van der Waals surface area contributed by atoms with Gasteiger partial charge in [-0.2, -0.15) is 0 Å². The Morgan fingerprint density at radius 3 is 0.827 bits per heavy atom. The largest absolute Gasteiger partial charge is 0.381 e. The lowest BCUT2D eigenvalue weighted by Gasteiger charge is -2.40. The molecule has 11 saturated heterocycles. The number of rotatable bonds is 14. The first-order valence-electron chi connectivity index (χ1n) is 42.8. The van der Waals surface area contributed by atoms with Gasteiger partial charge in [0.15, 0.2) is 0 Å². The molecule has 4 unspecified atom stereocenters. The molecule has 11 rings (SSSR count). The molecule has 4 atom stereocenters. The first kappa shape index (κ1) is 95.6. The molecule has 11 fully saturated rings. The third-order valence-electron chi connectivity index (χ3n) is 25.4. The van der Waals surface area contributed by atoms with Crippen molar-refractivity contribution < 1.29 is 9.47 Å². The average Bonchev–Trinajstić information content (AvgIpc) is 1.25. The van der Waals surface area contributed by atoms with E-state index in [-0.39, 0.29) is 0 Å². The van der Waals surface area contributed by atoms with E-state index >= 15 is 0 Å². The maximum atomic E-state index is 5.25. The monoisotopic (exact) mass is 1390 g/mol. The number of hydrogen-bond acceptors (Lipinski definition) is 11. The topological polar surface area (TPSA) is 74.0 Å². The van der Waals surface area contributed by atoms with Crippen molar-refractivity contribution in [1.29, 1.82) is 0 Å². The molecular formula is C87H183N9O2. The summed E-state index contributed by atoms with van der Waals surface area (Å²) in [6.07, 6.45) is 16.5. The summed E-state index contributed by atoms with van der Waals surface area (Å²) in [7, 11) is 6.61. The zero-order valence-electron chi connectivity index (χ0n) is 71.9. The molecule has 0 amide bonds. The van der Waals surface area contributed by atoms with Gasteiger partial charge in [-0.3, -0.25) is 0 Å². The molecule has 0 aromatic carbocycles. The van der Waals surface area contributed by atoms with E-state index < -0.39 is 0 Å². The smallest absolute Gasteiger partial charge is 0.0497 e. The molecule has 588 valence electrons. The van der Waals surface area contributed by atoms with Crippen LogP contribution < -0.4 is 16.0 Å². The van der Waals surface area contributed by atoms with Gasteiger partial charge < -0.3 is 54.8 Å². The highest BCUT2D eigenvalue weighted by atomic mass is 16.5. The normalized spacial score (nSPS) is 25.4. The van der Waals surface area contributed by atoms with Gasteiger partial charge in [0.25, 0.3) is 0 Å². The molecule has 0 aliphatic carbocycles. The molecule has 0 spiro atoms. The summed E-state index contributed by atoms with van der Waals surface area (Å²) in [6, 6.07) is 0. The molecule has 0 aromatic rings. The van der Waals surface area contributed by atoms with Crippen LogP contribution in [0.1, 0.15) is 250 Å². The van der Waals surface area contributed by atoms with Crippen molar-refractivity contribution in [2.45, 2.75) is 250 Å². The fourth-order valence-corrected chi connectivity index (χ4v) is 15.3. The third-order valence-corrected chi connectivity index (χ3v) is 25.4. The van der Waals surface area contributed by atoms with Crippen LogP contribution in [-0.4, -0.2) is 214 Å². The predicted octanol–water partition coefficient (Wildman–Crippen LogP) is 18.2. The van der Waals surface area contributed by atoms with Crippen molar-refractivity contribution in [3.63, 3.8) is 0 Å². The Bertz CT molecular complexity index is 1680. The number of nitrogens with zero attached hydrogens (tertiary/aromatic N) is 6. The van der Waals surface area contributed by atoms with Gasteiger partial charge in [-0.1, -0.05) is 173 Å². The van der Waals surface area contributed by atoms with Gasteiger partial charge in [0, 0.05) is 65.7 Å². The first-order chi connectivity index (χ1) is 46.3. The van der Waals surface area contributed by atoms with E-state index in [9.17, 15) is 0 Å². The van der Waals surface area contributed by atoms with Gasteiger partial charge in [0.1, 0.15) is 0 Å². The van der Waals surface area contributed by atoms with Crippen molar-refractivity contribution in [2.75, 3.05) is 185 Å². The van der Waals surface area contributed by atoms with Crippen LogP contribution in [0.25, 0.3) is 0 Å². The molecule has 11 aliphatic rings. The SMILES string of the molecule is CC(C)C1CCN(C)C1.CC(C)C1CCN(C)CC1.CC(C)C1CCNC1.CC(C)C1CCNCC1.CC(C)C1CCOC1.CC(C)C1CCOCC1.CC(C)C1CN(C)C1.CC(C)C1CNC1.CCN1CC(C(C)C)C1.CCN1CCC(C(C)C)C1.CCN1CCC(C(C)C)CC1. The molecule has 11 heteroatoms. The third kappa shape index (κ3) is 43.9. The highest BCUT2D eigenvalue weighted by molar-refractivity contribution is 4.83. The van der Waals surface area contributed by atoms with Crippen molar-refractivity contribution in [2.24, 2.45) is 130 Å². The van der Waals surface area contributed by atoms with Crippen molar-refractivity contribution in [3.8, 4) is 0 Å². The van der Waals surface area contributed by atoms with Crippen LogP contribution in [0.3, 0.4) is 0 Å². The maximum absolute atomic E-state index is 5.25. The maximum Gasteiger partial charge on any atom is 0.0497 e. The molecule has 11 aliphatic heterocycles. The summed E-state index contributed by atoms with van der Waals surface area (Å²) < 4.78 is 10.5. The fraction of sp³-hybridized carbons (Fsp3) is 1.00. The van der Waals surface area contributed by atoms with Crippen molar-refractivity contribution in [1.82, 2.24) is 45.3 Å². The fourth-order valence-electron chi connectivity index (χ4n) is 15.3. The Labute approximate surface area is 617 Å². The summed E-state index contributed by atoms with van der Waals surface area (Å²) in [5.74, 6) is 20.3. The molecule has 0 saturated carbocycles. The summed E-state index contributed by atoms with van der Waals surface area (Å²) in [4.78, 5) is 14.8. The van der Waals surface area contributed by atoms with Crippen LogP contribution >= 0.6 is 0 Å². The lowest BCUT2D eigenvalue weighted by atomic mass is 9.87. The van der Waals surface area contributed by atoms with Gasteiger partial charge >= 0.3 is 0 Å². The Morgan fingerprint density at radius 1 is 0.255 bits per heavy atom. The number of nitrogens with one attached hydrogen (secondary N) is 3. The van der Waals surface area contributed by atoms with Gasteiger partial charge in [0.2, 0.25) is 0 Å². The van der Waals surface area contributed by atoms with Gasteiger partial charge in [-0.15, -0.1) is 0 Å². The van der Waals surface area contributed by atoms with Gasteiger partial charge in [0.05, 0.1) is 0 Å². The standard InChI is InChI=1S/C10H21N.2C9H19N.3C8H17N.C8H16O.2C7H15N.C7H14O.C6H13N/c1-4-11-7-5-10(6-8-11)9(2)3;1-8(2)9-4-6-10(3)7-5-9;1-4-10-6-5-9(7-10)8(2)3;1-7(2)8-4-5-9(3)6-8;1-7(2)8-3-5-9-6-4-8;1-4-9-5-8(6-9)7(2)3;1-7(2)8-3-5-9-6-4-8;1-6(2)7-4-8(3)5-7;2*1-6(2)7-3-4-8-5-7;1-5(2)6-3-7-4-6/h9-10H,4-8H2,1-3H3;2*8-9H,4-7H2,1-3H3;7-8H,4-6H2,1-3H3;7-9H,3-6H2,1-2H3;7-8H,4-6H2,1-3H3;7-8H,3-6H2,1-2H3;6-7H,4-5H2,1-3H3;6-8H,3-5H2,1-2H3;6-7H,3-5H2,1-2H3;5-7H,3-4H2,1-2H3. The van der Waals surface area contributed by atoms with E-state index in [1.165, 1.54) is 214 Å². The highest BCUT2D eigenvalue weighted by Gasteiger charge is 2.29. The Hall–Kier alpha value is -0.440. The number of ether oxygens (including phenoxy) is 2. The molecule has 0 aromatic heterocycles. The molecule has 3 N–H and O–H groups in total. The zero-order chi connectivity index (χ0) is 73.9. The minimum Gasteiger partial charge on any atom is -0.381 e. The second-order valence-corrected chi connectivity index (χ2v) is 36.8. The quantitative estimate of drug-likeness (QED) is 0.156. The van der Waals surface area contributed by atoms with E-state index in [4.69, 9.17) is 9.47 Å². The molecule has 0 radical (unpaired) electrons. The Morgan fingerprint density at radius 2 is 0.561 bits per heavy atom. The minimum absolute atomic E-state index is 0.817. The summed E-state index contributed by atoms with van der Waals surface area (Å²) >= 11 is 0. The van der Waals surface area contributed by atoms with Crippen LogP contribution in [0.15, 0.2) is 0 Å².